The van der Waals surface area contributed by atoms with E-state index in [9.17, 15) is 14.4 Å². The van der Waals surface area contributed by atoms with Crippen LogP contribution in [0.15, 0.2) is 54.6 Å². The summed E-state index contributed by atoms with van der Waals surface area (Å²) >= 11 is 0. The Bertz CT molecular complexity index is 757. The molecule has 0 saturated heterocycles. The quantitative estimate of drug-likeness (QED) is 0.740. The number of methoxy groups -OCH3 is 1. The highest BCUT2D eigenvalue weighted by molar-refractivity contribution is 5.96. The molecule has 2 rings (SSSR count). The van der Waals surface area contributed by atoms with Gasteiger partial charge in [0.15, 0.2) is 0 Å². The molecule has 2 aromatic carbocycles. The van der Waals surface area contributed by atoms with Gasteiger partial charge in [-0.2, -0.15) is 0 Å². The lowest BCUT2D eigenvalue weighted by atomic mass is 10.0. The lowest BCUT2D eigenvalue weighted by molar-refractivity contribution is -0.144. The van der Waals surface area contributed by atoms with Gasteiger partial charge in [-0.15, -0.1) is 0 Å². The topological polar surface area (TPSA) is 84.5 Å². The predicted molar refractivity (Wildman–Crippen MR) is 97.6 cm³/mol. The van der Waals surface area contributed by atoms with E-state index in [-0.39, 0.29) is 12.5 Å². The second kappa shape index (κ2) is 9.36. The fourth-order valence-electron chi connectivity index (χ4n) is 2.39. The van der Waals surface area contributed by atoms with E-state index in [0.29, 0.717) is 12.0 Å². The molecule has 0 aliphatic heterocycles. The van der Waals surface area contributed by atoms with Gasteiger partial charge in [-0.25, -0.2) is 4.79 Å². The van der Waals surface area contributed by atoms with Gasteiger partial charge in [0.1, 0.15) is 6.04 Å². The number of hydrogen-bond acceptors (Lipinski definition) is 4. The Kier molecular flexibility index (Phi) is 6.91. The number of benzene rings is 2. The van der Waals surface area contributed by atoms with Crippen LogP contribution < -0.4 is 10.6 Å². The van der Waals surface area contributed by atoms with Gasteiger partial charge in [-0.3, -0.25) is 9.59 Å². The van der Waals surface area contributed by atoms with Crippen molar-refractivity contribution in [2.75, 3.05) is 13.7 Å². The molecule has 0 radical (unpaired) electrons. The number of aryl methyl sites for hydroxylation is 1. The lowest BCUT2D eigenvalue weighted by Crippen LogP contribution is -2.47. The normalized spacial score (nSPS) is 11.3. The summed E-state index contributed by atoms with van der Waals surface area (Å²) in [6.07, 6.45) is 0.311. The van der Waals surface area contributed by atoms with Gasteiger partial charge in [-0.05, 0) is 24.6 Å². The zero-order chi connectivity index (χ0) is 18.9. The Morgan fingerprint density at radius 2 is 1.65 bits per heavy atom. The van der Waals surface area contributed by atoms with Gasteiger partial charge in [0.05, 0.1) is 13.7 Å². The van der Waals surface area contributed by atoms with Crippen molar-refractivity contribution in [3.63, 3.8) is 0 Å². The minimum Gasteiger partial charge on any atom is -0.467 e. The summed E-state index contributed by atoms with van der Waals surface area (Å²) in [4.78, 5) is 36.0. The Labute approximate surface area is 152 Å². The largest absolute Gasteiger partial charge is 0.467 e. The van der Waals surface area contributed by atoms with Crippen LogP contribution in [-0.4, -0.2) is 37.5 Å². The summed E-state index contributed by atoms with van der Waals surface area (Å²) < 4.78 is 4.76. The molecule has 0 spiro atoms. The smallest absolute Gasteiger partial charge is 0.328 e. The van der Waals surface area contributed by atoms with E-state index in [4.69, 9.17) is 4.74 Å². The third-order valence-corrected chi connectivity index (χ3v) is 3.83. The highest BCUT2D eigenvalue weighted by Crippen LogP contribution is 2.07. The summed E-state index contributed by atoms with van der Waals surface area (Å²) in [5.74, 6) is -1.35. The second-order valence-corrected chi connectivity index (χ2v) is 5.88. The first-order valence-electron chi connectivity index (χ1n) is 8.25. The Morgan fingerprint density at radius 1 is 1.00 bits per heavy atom. The molecule has 0 fully saturated rings. The molecule has 26 heavy (non-hydrogen) atoms. The molecule has 0 bridgehead atoms. The van der Waals surface area contributed by atoms with Crippen molar-refractivity contribution in [1.29, 1.82) is 0 Å². The standard InChI is InChI=1S/C20H22N2O4/c1-14-8-10-15(11-9-14)12-17(20(25)26-2)22-18(23)13-21-19(24)16-6-4-3-5-7-16/h3-11,17H,12-13H2,1-2H3,(H,21,24)(H,22,23)/t17-/m0/s1. The third-order valence-electron chi connectivity index (χ3n) is 3.83. The second-order valence-electron chi connectivity index (χ2n) is 5.88. The van der Waals surface area contributed by atoms with E-state index in [0.717, 1.165) is 11.1 Å². The summed E-state index contributed by atoms with van der Waals surface area (Å²) in [5.41, 5.74) is 2.47. The highest BCUT2D eigenvalue weighted by Gasteiger charge is 2.22. The molecule has 1 atom stereocenters. The summed E-state index contributed by atoms with van der Waals surface area (Å²) in [6.45, 7) is 1.74. The highest BCUT2D eigenvalue weighted by atomic mass is 16.5. The van der Waals surface area contributed by atoms with Crippen LogP contribution in [-0.2, 0) is 20.7 Å². The van der Waals surface area contributed by atoms with Crippen molar-refractivity contribution >= 4 is 17.8 Å². The fraction of sp³-hybridized carbons (Fsp3) is 0.250. The van der Waals surface area contributed by atoms with Crippen molar-refractivity contribution in [3.05, 3.63) is 71.3 Å². The number of carbonyl (C=O) groups excluding carboxylic acids is 3. The monoisotopic (exact) mass is 354 g/mol. The summed E-state index contributed by atoms with van der Waals surface area (Å²) in [7, 11) is 1.27. The maximum Gasteiger partial charge on any atom is 0.328 e. The van der Waals surface area contributed by atoms with E-state index >= 15 is 0 Å². The lowest BCUT2D eigenvalue weighted by Gasteiger charge is -2.17. The SMILES string of the molecule is COC(=O)[C@H](Cc1ccc(C)cc1)NC(=O)CNC(=O)c1ccccc1. The van der Waals surface area contributed by atoms with Gasteiger partial charge in [-0.1, -0.05) is 48.0 Å². The maximum atomic E-state index is 12.1. The maximum absolute atomic E-state index is 12.1. The number of carbonyl (C=O) groups is 3. The van der Waals surface area contributed by atoms with E-state index in [1.54, 1.807) is 30.3 Å². The zero-order valence-electron chi connectivity index (χ0n) is 14.8. The van der Waals surface area contributed by atoms with Crippen molar-refractivity contribution in [1.82, 2.24) is 10.6 Å². The van der Waals surface area contributed by atoms with Crippen LogP contribution in [0.4, 0.5) is 0 Å². The predicted octanol–water partition coefficient (Wildman–Crippen LogP) is 1.63. The van der Waals surface area contributed by atoms with Crippen molar-refractivity contribution in [3.8, 4) is 0 Å². The number of esters is 1. The van der Waals surface area contributed by atoms with Crippen LogP contribution in [0, 0.1) is 6.92 Å². The van der Waals surface area contributed by atoms with Gasteiger partial charge in [0, 0.05) is 12.0 Å². The number of hydrogen-bond donors (Lipinski definition) is 2. The van der Waals surface area contributed by atoms with Crippen molar-refractivity contribution in [2.45, 2.75) is 19.4 Å². The van der Waals surface area contributed by atoms with Crippen molar-refractivity contribution in [2.24, 2.45) is 0 Å². The molecule has 0 aliphatic rings. The van der Waals surface area contributed by atoms with E-state index < -0.39 is 17.9 Å². The molecule has 0 saturated carbocycles. The molecule has 2 aromatic rings. The minimum absolute atomic E-state index is 0.227. The van der Waals surface area contributed by atoms with E-state index in [2.05, 4.69) is 10.6 Å². The first kappa shape index (κ1) is 19.2. The van der Waals surface area contributed by atoms with Gasteiger partial charge in [0.2, 0.25) is 5.91 Å². The van der Waals surface area contributed by atoms with E-state index in [1.807, 2.05) is 31.2 Å². The Morgan fingerprint density at radius 3 is 2.27 bits per heavy atom. The van der Waals surface area contributed by atoms with Gasteiger partial charge >= 0.3 is 5.97 Å². The van der Waals surface area contributed by atoms with Crippen LogP contribution in [0.1, 0.15) is 21.5 Å². The fourth-order valence-corrected chi connectivity index (χ4v) is 2.39. The molecule has 6 nitrogen and oxygen atoms in total. The molecule has 0 unspecified atom stereocenters. The third kappa shape index (κ3) is 5.73. The summed E-state index contributed by atoms with van der Waals surface area (Å²) in [5, 5.41) is 5.14. The van der Waals surface area contributed by atoms with Crippen LogP contribution >= 0.6 is 0 Å². The van der Waals surface area contributed by atoms with Crippen LogP contribution in [0.5, 0.6) is 0 Å². The van der Waals surface area contributed by atoms with Crippen molar-refractivity contribution < 1.29 is 19.1 Å². The molecule has 0 aromatic heterocycles. The molecule has 2 amide bonds. The zero-order valence-corrected chi connectivity index (χ0v) is 14.8. The van der Waals surface area contributed by atoms with Crippen LogP contribution in [0.2, 0.25) is 0 Å². The number of amides is 2. The van der Waals surface area contributed by atoms with Crippen LogP contribution in [0.3, 0.4) is 0 Å². The van der Waals surface area contributed by atoms with Gasteiger partial charge in [0.25, 0.3) is 5.91 Å². The molecule has 136 valence electrons. The average Bonchev–Trinajstić information content (AvgIpc) is 2.67. The number of nitrogens with one attached hydrogen (secondary N) is 2. The number of ether oxygens (including phenoxy) is 1. The van der Waals surface area contributed by atoms with Crippen LogP contribution in [0.25, 0.3) is 0 Å². The first-order chi connectivity index (χ1) is 12.5. The molecule has 2 N–H and O–H groups in total. The minimum atomic E-state index is -0.816. The molecular weight excluding hydrogens is 332 g/mol. The molecule has 6 heteroatoms. The van der Waals surface area contributed by atoms with E-state index in [1.165, 1.54) is 7.11 Å². The molecular formula is C20H22N2O4. The van der Waals surface area contributed by atoms with Gasteiger partial charge < -0.3 is 15.4 Å². The Balaban J connectivity index is 1.92. The molecule has 0 aliphatic carbocycles. The number of rotatable bonds is 7. The average molecular weight is 354 g/mol. The molecule has 0 heterocycles. The summed E-state index contributed by atoms with van der Waals surface area (Å²) in [6, 6.07) is 15.4. The first-order valence-corrected chi connectivity index (χ1v) is 8.25. The Hall–Kier alpha value is -3.15.